The van der Waals surface area contributed by atoms with Gasteiger partial charge in [-0.2, -0.15) is 0 Å². The van der Waals surface area contributed by atoms with Crippen molar-refractivity contribution in [2.75, 3.05) is 13.7 Å². The lowest BCUT2D eigenvalue weighted by Crippen LogP contribution is -2.29. The van der Waals surface area contributed by atoms with Gasteiger partial charge in [0.2, 0.25) is 0 Å². The van der Waals surface area contributed by atoms with E-state index in [2.05, 4.69) is 39.0 Å². The van der Waals surface area contributed by atoms with Crippen LogP contribution in [0.2, 0.25) is 0 Å². The standard InChI is InChI=1S/C18H21N3O3/c1-23-18(22)13-7-8-15-19-20-17(21(15)11-13)16-14(9-10-24-16)12-5-3-2-4-6-12/h2-6,13-14,16H,7-11H2,1H3/t13?,14-,16-/m0/s1. The van der Waals surface area contributed by atoms with Crippen LogP contribution in [-0.4, -0.2) is 34.5 Å². The van der Waals surface area contributed by atoms with E-state index in [4.69, 9.17) is 9.47 Å². The highest BCUT2D eigenvalue weighted by molar-refractivity contribution is 5.72. The van der Waals surface area contributed by atoms with Gasteiger partial charge in [-0.05, 0) is 18.4 Å². The molecule has 3 atom stereocenters. The third kappa shape index (κ3) is 2.60. The van der Waals surface area contributed by atoms with Crippen LogP contribution < -0.4 is 0 Å². The van der Waals surface area contributed by atoms with Gasteiger partial charge >= 0.3 is 5.97 Å². The first-order chi connectivity index (χ1) is 11.8. The van der Waals surface area contributed by atoms with E-state index in [1.165, 1.54) is 12.7 Å². The number of carbonyl (C=O) groups excluding carboxylic acids is 1. The Hall–Kier alpha value is -2.21. The largest absolute Gasteiger partial charge is 0.469 e. The maximum absolute atomic E-state index is 11.9. The molecule has 2 aromatic rings. The minimum atomic E-state index is -0.160. The van der Waals surface area contributed by atoms with Gasteiger partial charge in [-0.15, -0.1) is 10.2 Å². The highest BCUT2D eigenvalue weighted by Crippen LogP contribution is 2.41. The molecule has 0 bridgehead atoms. The average Bonchev–Trinajstić information content (AvgIpc) is 3.27. The van der Waals surface area contributed by atoms with E-state index in [1.54, 1.807) is 0 Å². The molecule has 1 aromatic carbocycles. The molecule has 0 spiro atoms. The number of nitrogens with zero attached hydrogens (tertiary/aromatic N) is 3. The number of carbonyl (C=O) groups is 1. The van der Waals surface area contributed by atoms with Crippen molar-refractivity contribution in [3.05, 3.63) is 47.5 Å². The molecule has 1 aromatic heterocycles. The minimum absolute atomic E-state index is 0.106. The van der Waals surface area contributed by atoms with Crippen molar-refractivity contribution < 1.29 is 14.3 Å². The number of rotatable bonds is 3. The summed E-state index contributed by atoms with van der Waals surface area (Å²) >= 11 is 0. The summed E-state index contributed by atoms with van der Waals surface area (Å²) in [6, 6.07) is 10.4. The van der Waals surface area contributed by atoms with Gasteiger partial charge in [-0.1, -0.05) is 30.3 Å². The van der Waals surface area contributed by atoms with E-state index in [0.717, 1.165) is 30.9 Å². The first kappa shape index (κ1) is 15.3. The smallest absolute Gasteiger partial charge is 0.310 e. The predicted molar refractivity (Wildman–Crippen MR) is 86.3 cm³/mol. The van der Waals surface area contributed by atoms with Gasteiger partial charge in [0.25, 0.3) is 0 Å². The van der Waals surface area contributed by atoms with Crippen molar-refractivity contribution in [1.82, 2.24) is 14.8 Å². The van der Waals surface area contributed by atoms with Crippen LogP contribution in [0.5, 0.6) is 0 Å². The Morgan fingerprint density at radius 3 is 2.88 bits per heavy atom. The summed E-state index contributed by atoms with van der Waals surface area (Å²) in [4.78, 5) is 11.9. The summed E-state index contributed by atoms with van der Waals surface area (Å²) in [5.74, 6) is 1.76. The Balaban J connectivity index is 1.64. The quantitative estimate of drug-likeness (QED) is 0.809. The molecule has 6 heteroatoms. The lowest BCUT2D eigenvalue weighted by molar-refractivity contribution is -0.146. The third-order valence-electron chi connectivity index (χ3n) is 5.08. The number of methoxy groups -OCH3 is 1. The number of benzene rings is 1. The fourth-order valence-electron chi connectivity index (χ4n) is 3.80. The van der Waals surface area contributed by atoms with Crippen LogP contribution in [0.3, 0.4) is 0 Å². The van der Waals surface area contributed by atoms with Crippen LogP contribution in [0.1, 0.15) is 42.1 Å². The van der Waals surface area contributed by atoms with Crippen molar-refractivity contribution in [2.24, 2.45) is 5.92 Å². The summed E-state index contributed by atoms with van der Waals surface area (Å²) in [5, 5.41) is 8.74. The fraction of sp³-hybridized carbons (Fsp3) is 0.500. The number of esters is 1. The van der Waals surface area contributed by atoms with Crippen molar-refractivity contribution in [2.45, 2.75) is 37.8 Å². The molecule has 3 heterocycles. The van der Waals surface area contributed by atoms with E-state index in [0.29, 0.717) is 13.2 Å². The van der Waals surface area contributed by atoms with Gasteiger partial charge in [-0.3, -0.25) is 4.79 Å². The van der Waals surface area contributed by atoms with E-state index < -0.39 is 0 Å². The second kappa shape index (κ2) is 6.36. The Bertz CT molecular complexity index is 728. The average molecular weight is 327 g/mol. The second-order valence-electron chi connectivity index (χ2n) is 6.44. The van der Waals surface area contributed by atoms with Crippen LogP contribution in [-0.2, 0) is 27.2 Å². The number of aromatic nitrogens is 3. The fourth-order valence-corrected chi connectivity index (χ4v) is 3.80. The van der Waals surface area contributed by atoms with Crippen LogP contribution in [0.25, 0.3) is 0 Å². The molecule has 6 nitrogen and oxygen atoms in total. The molecule has 0 aliphatic carbocycles. The second-order valence-corrected chi connectivity index (χ2v) is 6.44. The molecule has 1 fully saturated rings. The summed E-state index contributed by atoms with van der Waals surface area (Å²) in [7, 11) is 1.44. The molecule has 0 radical (unpaired) electrons. The predicted octanol–water partition coefficient (Wildman–Crippen LogP) is 2.26. The Morgan fingerprint density at radius 1 is 1.25 bits per heavy atom. The third-order valence-corrected chi connectivity index (χ3v) is 5.08. The molecule has 0 saturated carbocycles. The van der Waals surface area contributed by atoms with Gasteiger partial charge in [0.15, 0.2) is 5.82 Å². The normalized spacial score (nSPS) is 26.1. The van der Waals surface area contributed by atoms with Crippen molar-refractivity contribution in [3.8, 4) is 0 Å². The molecule has 2 aliphatic rings. The molecule has 0 amide bonds. The highest BCUT2D eigenvalue weighted by Gasteiger charge is 2.37. The van der Waals surface area contributed by atoms with Crippen molar-refractivity contribution >= 4 is 5.97 Å². The van der Waals surface area contributed by atoms with E-state index in [1.807, 2.05) is 6.07 Å². The molecule has 2 aliphatic heterocycles. The number of hydrogen-bond donors (Lipinski definition) is 0. The Kier molecular flexibility index (Phi) is 4.06. The van der Waals surface area contributed by atoms with Crippen molar-refractivity contribution in [3.63, 3.8) is 0 Å². The molecule has 4 rings (SSSR count). The SMILES string of the molecule is COC(=O)C1CCc2nnc([C@H]3OCC[C@H]3c3ccccc3)n2C1. The Morgan fingerprint density at radius 2 is 2.08 bits per heavy atom. The molecular weight excluding hydrogens is 306 g/mol. The number of aryl methyl sites for hydroxylation is 1. The van der Waals surface area contributed by atoms with Gasteiger partial charge in [-0.25, -0.2) is 0 Å². The van der Waals surface area contributed by atoms with Crippen LogP contribution in [0.4, 0.5) is 0 Å². The zero-order valence-electron chi connectivity index (χ0n) is 13.7. The van der Waals surface area contributed by atoms with E-state index in [-0.39, 0.29) is 23.9 Å². The summed E-state index contributed by atoms with van der Waals surface area (Å²) in [6.45, 7) is 1.29. The van der Waals surface area contributed by atoms with Gasteiger partial charge in [0.05, 0.1) is 13.0 Å². The van der Waals surface area contributed by atoms with Crippen LogP contribution >= 0.6 is 0 Å². The Labute approximate surface area is 140 Å². The topological polar surface area (TPSA) is 66.2 Å². The molecule has 1 saturated heterocycles. The zero-order chi connectivity index (χ0) is 16.5. The van der Waals surface area contributed by atoms with Crippen LogP contribution in [0.15, 0.2) is 30.3 Å². The number of fused-ring (bicyclic) bond motifs is 1. The lowest BCUT2D eigenvalue weighted by Gasteiger charge is -2.25. The molecule has 126 valence electrons. The first-order valence-corrected chi connectivity index (χ1v) is 8.44. The van der Waals surface area contributed by atoms with Crippen molar-refractivity contribution in [1.29, 1.82) is 0 Å². The maximum Gasteiger partial charge on any atom is 0.310 e. The first-order valence-electron chi connectivity index (χ1n) is 8.44. The molecular formula is C18H21N3O3. The maximum atomic E-state index is 11.9. The molecule has 0 N–H and O–H groups in total. The zero-order valence-corrected chi connectivity index (χ0v) is 13.7. The summed E-state index contributed by atoms with van der Waals surface area (Å²) in [5.41, 5.74) is 1.26. The van der Waals surface area contributed by atoms with Gasteiger partial charge in [0, 0.05) is 25.5 Å². The summed E-state index contributed by atoms with van der Waals surface area (Å²) < 4.78 is 13.0. The highest BCUT2D eigenvalue weighted by atomic mass is 16.5. The summed E-state index contributed by atoms with van der Waals surface area (Å²) in [6.07, 6.45) is 2.37. The van der Waals surface area contributed by atoms with Gasteiger partial charge < -0.3 is 14.0 Å². The van der Waals surface area contributed by atoms with Crippen LogP contribution in [0, 0.1) is 5.92 Å². The molecule has 1 unspecified atom stereocenters. The number of hydrogen-bond acceptors (Lipinski definition) is 5. The monoisotopic (exact) mass is 327 g/mol. The van der Waals surface area contributed by atoms with E-state index >= 15 is 0 Å². The van der Waals surface area contributed by atoms with E-state index in [9.17, 15) is 4.79 Å². The van der Waals surface area contributed by atoms with Gasteiger partial charge in [0.1, 0.15) is 11.9 Å². The molecule has 24 heavy (non-hydrogen) atoms. The number of ether oxygens (including phenoxy) is 2. The minimum Gasteiger partial charge on any atom is -0.469 e. The lowest BCUT2D eigenvalue weighted by atomic mass is 9.91.